The highest BCUT2D eigenvalue weighted by molar-refractivity contribution is 7.21. The SMILES string of the molecule is CN(Cc1c(C(=O)O)sc2ccccc12)CC1CC(O)C1. The number of carboxylic acids is 1. The molecule has 0 unspecified atom stereocenters. The van der Waals surface area contributed by atoms with Gasteiger partial charge in [-0.05, 0) is 42.8 Å². The summed E-state index contributed by atoms with van der Waals surface area (Å²) in [5.74, 6) is -0.318. The zero-order valence-electron chi connectivity index (χ0n) is 12.0. The summed E-state index contributed by atoms with van der Waals surface area (Å²) in [4.78, 5) is 14.1. The maximum absolute atomic E-state index is 11.5. The van der Waals surface area contributed by atoms with Gasteiger partial charge in [0.1, 0.15) is 4.88 Å². The topological polar surface area (TPSA) is 60.8 Å². The van der Waals surface area contributed by atoms with Gasteiger partial charge in [-0.1, -0.05) is 18.2 Å². The maximum Gasteiger partial charge on any atom is 0.346 e. The Labute approximate surface area is 127 Å². The fourth-order valence-electron chi connectivity index (χ4n) is 3.05. The summed E-state index contributed by atoms with van der Waals surface area (Å²) in [5.41, 5.74) is 0.908. The standard InChI is InChI=1S/C16H19NO3S/c1-17(8-10-6-11(18)7-10)9-13-12-4-2-3-5-14(12)21-15(13)16(19)20/h2-5,10-11,18H,6-9H2,1H3,(H,19,20). The average Bonchev–Trinajstić information content (AvgIpc) is 2.76. The third-order valence-corrected chi connectivity index (χ3v) is 5.30. The van der Waals surface area contributed by atoms with Crippen LogP contribution in [0, 0.1) is 5.92 Å². The molecule has 2 N–H and O–H groups in total. The van der Waals surface area contributed by atoms with Crippen LogP contribution in [0.3, 0.4) is 0 Å². The number of fused-ring (bicyclic) bond motifs is 1. The average molecular weight is 305 g/mol. The van der Waals surface area contributed by atoms with Crippen molar-refractivity contribution >= 4 is 27.4 Å². The lowest BCUT2D eigenvalue weighted by Crippen LogP contribution is -2.36. The van der Waals surface area contributed by atoms with Gasteiger partial charge in [-0.15, -0.1) is 11.3 Å². The number of hydrogen-bond acceptors (Lipinski definition) is 4. The zero-order chi connectivity index (χ0) is 15.0. The fourth-order valence-corrected chi connectivity index (χ4v) is 4.11. The second-order valence-corrected chi connectivity index (χ2v) is 6.95. The van der Waals surface area contributed by atoms with Crippen LogP contribution in [0.15, 0.2) is 24.3 Å². The second-order valence-electron chi connectivity index (χ2n) is 5.90. The summed E-state index contributed by atoms with van der Waals surface area (Å²) < 4.78 is 1.03. The highest BCUT2D eigenvalue weighted by Crippen LogP contribution is 2.33. The first-order chi connectivity index (χ1) is 10.0. The van der Waals surface area contributed by atoms with Crippen molar-refractivity contribution in [1.82, 2.24) is 4.90 Å². The van der Waals surface area contributed by atoms with Crippen molar-refractivity contribution in [3.05, 3.63) is 34.7 Å². The van der Waals surface area contributed by atoms with Crippen molar-refractivity contribution in [2.45, 2.75) is 25.5 Å². The van der Waals surface area contributed by atoms with E-state index in [1.807, 2.05) is 31.3 Å². The molecule has 0 saturated heterocycles. The van der Waals surface area contributed by atoms with E-state index >= 15 is 0 Å². The fraction of sp³-hybridized carbons (Fsp3) is 0.438. The maximum atomic E-state index is 11.5. The molecule has 2 aromatic rings. The van der Waals surface area contributed by atoms with E-state index in [1.54, 1.807) is 0 Å². The summed E-state index contributed by atoms with van der Waals surface area (Å²) in [7, 11) is 2.02. The normalized spacial score (nSPS) is 21.7. The number of carbonyl (C=O) groups is 1. The quantitative estimate of drug-likeness (QED) is 0.892. The van der Waals surface area contributed by atoms with Gasteiger partial charge >= 0.3 is 5.97 Å². The van der Waals surface area contributed by atoms with Crippen molar-refractivity contribution < 1.29 is 15.0 Å². The molecular weight excluding hydrogens is 286 g/mol. The Morgan fingerprint density at radius 3 is 2.76 bits per heavy atom. The number of thiophene rings is 1. The largest absolute Gasteiger partial charge is 0.477 e. The molecule has 0 atom stereocenters. The molecule has 1 aromatic carbocycles. The van der Waals surface area contributed by atoms with Crippen LogP contribution >= 0.6 is 11.3 Å². The van der Waals surface area contributed by atoms with Gasteiger partial charge in [0.05, 0.1) is 6.10 Å². The Kier molecular flexibility index (Phi) is 3.97. The Morgan fingerprint density at radius 2 is 2.10 bits per heavy atom. The van der Waals surface area contributed by atoms with Gasteiger partial charge in [-0.2, -0.15) is 0 Å². The van der Waals surface area contributed by atoms with Crippen LogP contribution in [0.1, 0.15) is 28.1 Å². The van der Waals surface area contributed by atoms with Crippen molar-refractivity contribution in [2.75, 3.05) is 13.6 Å². The van der Waals surface area contributed by atoms with Crippen molar-refractivity contribution in [1.29, 1.82) is 0 Å². The first kappa shape index (κ1) is 14.5. The zero-order valence-corrected chi connectivity index (χ0v) is 12.8. The third kappa shape index (κ3) is 2.95. The number of aliphatic hydroxyl groups excluding tert-OH is 1. The number of aliphatic hydroxyl groups is 1. The number of benzene rings is 1. The Morgan fingerprint density at radius 1 is 1.38 bits per heavy atom. The molecule has 1 aliphatic carbocycles. The van der Waals surface area contributed by atoms with Crippen LogP contribution in [0.5, 0.6) is 0 Å². The molecule has 1 aromatic heterocycles. The number of hydrogen-bond donors (Lipinski definition) is 2. The van der Waals surface area contributed by atoms with Crippen molar-refractivity contribution in [3.8, 4) is 0 Å². The van der Waals surface area contributed by atoms with Crippen molar-refractivity contribution in [3.63, 3.8) is 0 Å². The molecule has 0 bridgehead atoms. The van der Waals surface area contributed by atoms with Gasteiger partial charge in [0.15, 0.2) is 0 Å². The van der Waals surface area contributed by atoms with Crippen LogP contribution in [0.25, 0.3) is 10.1 Å². The van der Waals surface area contributed by atoms with Gasteiger partial charge in [0.25, 0.3) is 0 Å². The lowest BCUT2D eigenvalue weighted by molar-refractivity contribution is 0.0274. The van der Waals surface area contributed by atoms with Crippen LogP contribution in [0.2, 0.25) is 0 Å². The van der Waals surface area contributed by atoms with Gasteiger partial charge in [-0.25, -0.2) is 4.79 Å². The van der Waals surface area contributed by atoms with E-state index in [0.29, 0.717) is 17.3 Å². The van der Waals surface area contributed by atoms with E-state index in [-0.39, 0.29) is 6.10 Å². The van der Waals surface area contributed by atoms with Crippen LogP contribution < -0.4 is 0 Å². The summed E-state index contributed by atoms with van der Waals surface area (Å²) in [6.45, 7) is 1.54. The predicted molar refractivity (Wildman–Crippen MR) is 83.8 cm³/mol. The minimum absolute atomic E-state index is 0.139. The summed E-state index contributed by atoms with van der Waals surface area (Å²) >= 11 is 1.35. The molecule has 1 fully saturated rings. The lowest BCUT2D eigenvalue weighted by Gasteiger charge is -2.34. The van der Waals surface area contributed by atoms with Crippen LogP contribution in [-0.4, -0.2) is 40.8 Å². The number of nitrogens with zero attached hydrogens (tertiary/aromatic N) is 1. The molecule has 0 aliphatic heterocycles. The third-order valence-electron chi connectivity index (χ3n) is 4.10. The smallest absolute Gasteiger partial charge is 0.346 e. The van der Waals surface area contributed by atoms with E-state index in [4.69, 9.17) is 0 Å². The molecule has 0 radical (unpaired) electrons. The molecule has 3 rings (SSSR count). The molecular formula is C16H19NO3S. The molecule has 21 heavy (non-hydrogen) atoms. The molecule has 1 saturated carbocycles. The Bertz CT molecular complexity index is 661. The van der Waals surface area contributed by atoms with E-state index in [0.717, 1.165) is 35.0 Å². The predicted octanol–water partition coefficient (Wildman–Crippen LogP) is 2.80. The first-order valence-electron chi connectivity index (χ1n) is 7.15. The monoisotopic (exact) mass is 305 g/mol. The van der Waals surface area contributed by atoms with E-state index in [1.165, 1.54) is 11.3 Å². The Hall–Kier alpha value is -1.43. The highest BCUT2D eigenvalue weighted by atomic mass is 32.1. The summed E-state index contributed by atoms with van der Waals surface area (Å²) in [6, 6.07) is 7.85. The minimum atomic E-state index is -0.848. The van der Waals surface area contributed by atoms with Gasteiger partial charge in [0.2, 0.25) is 0 Å². The Balaban J connectivity index is 1.81. The molecule has 0 spiro atoms. The molecule has 1 aliphatic rings. The molecule has 112 valence electrons. The first-order valence-corrected chi connectivity index (χ1v) is 7.96. The van der Waals surface area contributed by atoms with Gasteiger partial charge in [-0.3, -0.25) is 0 Å². The van der Waals surface area contributed by atoms with E-state index in [9.17, 15) is 15.0 Å². The lowest BCUT2D eigenvalue weighted by atomic mass is 9.82. The molecule has 5 heteroatoms. The number of rotatable bonds is 5. The number of aromatic carboxylic acids is 1. The summed E-state index contributed by atoms with van der Waals surface area (Å²) in [6.07, 6.45) is 1.58. The van der Waals surface area contributed by atoms with E-state index in [2.05, 4.69) is 4.90 Å². The molecule has 4 nitrogen and oxygen atoms in total. The molecule has 1 heterocycles. The second kappa shape index (κ2) is 5.75. The van der Waals surface area contributed by atoms with Crippen molar-refractivity contribution in [2.24, 2.45) is 5.92 Å². The van der Waals surface area contributed by atoms with E-state index < -0.39 is 5.97 Å². The van der Waals surface area contributed by atoms with Gasteiger partial charge < -0.3 is 15.1 Å². The molecule has 0 amide bonds. The van der Waals surface area contributed by atoms with Gasteiger partial charge in [0, 0.05) is 17.8 Å². The highest BCUT2D eigenvalue weighted by Gasteiger charge is 2.28. The van der Waals surface area contributed by atoms with Crippen LogP contribution in [-0.2, 0) is 6.54 Å². The van der Waals surface area contributed by atoms with Crippen LogP contribution in [0.4, 0.5) is 0 Å². The minimum Gasteiger partial charge on any atom is -0.477 e. The number of carboxylic acid groups (broad SMARTS) is 1. The summed E-state index contributed by atoms with van der Waals surface area (Å²) in [5, 5.41) is 19.8.